The molecule has 4 nitrogen and oxygen atoms in total. The van der Waals surface area contributed by atoms with Gasteiger partial charge in [-0.05, 0) is 31.0 Å². The third-order valence-electron chi connectivity index (χ3n) is 3.27. The normalized spacial score (nSPS) is 15.4. The van der Waals surface area contributed by atoms with E-state index in [4.69, 9.17) is 16.9 Å². The van der Waals surface area contributed by atoms with Crippen LogP contribution in [0.3, 0.4) is 0 Å². The van der Waals surface area contributed by atoms with Crippen LogP contribution in [0, 0.1) is 17.2 Å². The van der Waals surface area contributed by atoms with E-state index in [1.807, 2.05) is 4.72 Å². The molecule has 0 spiro atoms. The Balaban J connectivity index is 3.46. The first kappa shape index (κ1) is 18.7. The van der Waals surface area contributed by atoms with Crippen LogP contribution >= 0.6 is 11.6 Å². The van der Waals surface area contributed by atoms with E-state index < -0.39 is 38.1 Å². The Morgan fingerprint density at radius 2 is 1.86 bits per heavy atom. The van der Waals surface area contributed by atoms with Gasteiger partial charge in [-0.15, -0.1) is 0 Å². The van der Waals surface area contributed by atoms with Crippen molar-refractivity contribution in [1.82, 2.24) is 4.72 Å². The summed E-state index contributed by atoms with van der Waals surface area (Å²) >= 11 is 5.52. The Morgan fingerprint density at radius 1 is 1.32 bits per heavy atom. The molecule has 0 aliphatic rings. The minimum atomic E-state index is -4.89. The molecule has 0 fully saturated rings. The summed E-state index contributed by atoms with van der Waals surface area (Å²) in [5.41, 5.74) is -2.92. The average Bonchev–Trinajstić information content (AvgIpc) is 2.36. The summed E-state index contributed by atoms with van der Waals surface area (Å²) in [6.07, 6.45) is -4.89. The lowest BCUT2D eigenvalue weighted by molar-refractivity contribution is -0.139. The van der Waals surface area contributed by atoms with Crippen LogP contribution in [0.4, 0.5) is 13.2 Å². The maximum Gasteiger partial charge on any atom is 0.417 e. The van der Waals surface area contributed by atoms with Crippen molar-refractivity contribution in [2.75, 3.05) is 0 Å². The molecular weight excluding hydrogens is 341 g/mol. The Labute approximate surface area is 131 Å². The second-order valence-corrected chi connectivity index (χ2v) is 7.30. The van der Waals surface area contributed by atoms with Crippen LogP contribution in [0.1, 0.15) is 26.3 Å². The molecule has 0 amide bonds. The van der Waals surface area contributed by atoms with Gasteiger partial charge in [-0.1, -0.05) is 25.4 Å². The molecule has 1 aromatic rings. The van der Waals surface area contributed by atoms with Crippen LogP contribution in [0.2, 0.25) is 5.02 Å². The summed E-state index contributed by atoms with van der Waals surface area (Å²) in [6, 6.07) is 4.13. The third-order valence-corrected chi connectivity index (χ3v) is 5.13. The smallest absolute Gasteiger partial charge is 0.207 e. The van der Waals surface area contributed by atoms with Crippen LogP contribution < -0.4 is 4.72 Å². The molecule has 0 saturated carbocycles. The molecule has 0 heterocycles. The highest BCUT2D eigenvalue weighted by Crippen LogP contribution is 2.36. The number of sulfonamides is 1. The van der Waals surface area contributed by atoms with Crippen molar-refractivity contribution in [3.05, 3.63) is 28.8 Å². The van der Waals surface area contributed by atoms with Gasteiger partial charge in [0, 0.05) is 5.02 Å². The standard InChI is InChI=1S/C13H14ClF3N2O2S/c1-8(2)12(3,7-18)19-22(20,21)11-5-4-9(14)6-10(11)13(15,16)17/h4-6,8,19H,1-3H3/t12-/m0/s1. The highest BCUT2D eigenvalue weighted by molar-refractivity contribution is 7.89. The predicted molar refractivity (Wildman–Crippen MR) is 75.6 cm³/mol. The molecule has 122 valence electrons. The van der Waals surface area contributed by atoms with Crippen molar-refractivity contribution < 1.29 is 21.6 Å². The minimum absolute atomic E-state index is 0.238. The fourth-order valence-corrected chi connectivity index (χ4v) is 3.39. The van der Waals surface area contributed by atoms with E-state index in [0.717, 1.165) is 12.1 Å². The summed E-state index contributed by atoms with van der Waals surface area (Å²) in [7, 11) is -4.56. The van der Waals surface area contributed by atoms with Crippen molar-refractivity contribution in [2.24, 2.45) is 5.92 Å². The van der Waals surface area contributed by atoms with Gasteiger partial charge in [-0.25, -0.2) is 8.42 Å². The highest BCUT2D eigenvalue weighted by atomic mass is 35.5. The molecule has 0 saturated heterocycles. The maximum absolute atomic E-state index is 13.0. The number of nitriles is 1. The van der Waals surface area contributed by atoms with E-state index in [-0.39, 0.29) is 5.02 Å². The Kier molecular flexibility index (Phi) is 5.17. The molecule has 0 radical (unpaired) electrons. The van der Waals surface area contributed by atoms with Gasteiger partial charge in [-0.3, -0.25) is 0 Å². The molecule has 0 aliphatic heterocycles. The lowest BCUT2D eigenvalue weighted by atomic mass is 9.92. The molecule has 22 heavy (non-hydrogen) atoms. The molecule has 0 bridgehead atoms. The number of nitrogens with one attached hydrogen (secondary N) is 1. The van der Waals surface area contributed by atoms with Gasteiger partial charge in [0.1, 0.15) is 5.54 Å². The second-order valence-electron chi connectivity index (χ2n) is 5.21. The van der Waals surface area contributed by atoms with Gasteiger partial charge in [0.2, 0.25) is 10.0 Å². The zero-order chi connectivity index (χ0) is 17.3. The molecule has 1 atom stereocenters. The number of halogens is 4. The summed E-state index contributed by atoms with van der Waals surface area (Å²) in [6.45, 7) is 4.47. The van der Waals surface area contributed by atoms with Gasteiger partial charge in [0.05, 0.1) is 16.5 Å². The molecule has 0 unspecified atom stereocenters. The lowest BCUT2D eigenvalue weighted by Crippen LogP contribution is -2.48. The second kappa shape index (κ2) is 6.07. The van der Waals surface area contributed by atoms with Gasteiger partial charge in [-0.2, -0.15) is 23.2 Å². The first-order valence-electron chi connectivity index (χ1n) is 6.15. The lowest BCUT2D eigenvalue weighted by Gasteiger charge is -2.27. The quantitative estimate of drug-likeness (QED) is 0.898. The Hall–Kier alpha value is -1.30. The molecule has 9 heteroatoms. The van der Waals surface area contributed by atoms with E-state index in [9.17, 15) is 21.6 Å². The van der Waals surface area contributed by atoms with Gasteiger partial charge < -0.3 is 0 Å². The Bertz CT molecular complexity index is 711. The number of alkyl halides is 3. The number of hydrogen-bond donors (Lipinski definition) is 1. The molecule has 1 N–H and O–H groups in total. The predicted octanol–water partition coefficient (Wildman–Crippen LogP) is 3.58. The van der Waals surface area contributed by atoms with Crippen molar-refractivity contribution in [1.29, 1.82) is 5.26 Å². The third kappa shape index (κ3) is 3.91. The van der Waals surface area contributed by atoms with Crippen molar-refractivity contribution in [2.45, 2.75) is 37.4 Å². The highest BCUT2D eigenvalue weighted by Gasteiger charge is 2.40. The fourth-order valence-electron chi connectivity index (χ4n) is 1.56. The number of hydrogen-bond acceptors (Lipinski definition) is 3. The summed E-state index contributed by atoms with van der Waals surface area (Å²) in [5.74, 6) is -0.450. The van der Waals surface area contributed by atoms with E-state index >= 15 is 0 Å². The summed E-state index contributed by atoms with van der Waals surface area (Å²) in [4.78, 5) is -0.966. The molecule has 0 aliphatic carbocycles. The molecule has 1 rings (SSSR count). The SMILES string of the molecule is CC(C)[C@](C)(C#N)NS(=O)(=O)c1ccc(Cl)cc1C(F)(F)F. The summed E-state index contributed by atoms with van der Waals surface area (Å²) < 4.78 is 65.7. The van der Waals surface area contributed by atoms with E-state index in [0.29, 0.717) is 6.07 Å². The molecular formula is C13H14ClF3N2O2S. The van der Waals surface area contributed by atoms with E-state index in [1.165, 1.54) is 6.92 Å². The first-order valence-corrected chi connectivity index (χ1v) is 8.01. The van der Waals surface area contributed by atoms with Gasteiger partial charge in [0.25, 0.3) is 0 Å². The monoisotopic (exact) mass is 354 g/mol. The molecule has 1 aromatic carbocycles. The van der Waals surface area contributed by atoms with Crippen molar-refractivity contribution in [3.8, 4) is 6.07 Å². The zero-order valence-corrected chi connectivity index (χ0v) is 13.6. The average molecular weight is 355 g/mol. The van der Waals surface area contributed by atoms with Crippen molar-refractivity contribution >= 4 is 21.6 Å². The van der Waals surface area contributed by atoms with Crippen LogP contribution in [-0.2, 0) is 16.2 Å². The molecule has 0 aromatic heterocycles. The van der Waals surface area contributed by atoms with E-state index in [1.54, 1.807) is 19.9 Å². The van der Waals surface area contributed by atoms with Gasteiger partial charge in [0.15, 0.2) is 0 Å². The van der Waals surface area contributed by atoms with Gasteiger partial charge >= 0.3 is 6.18 Å². The fraction of sp³-hybridized carbons (Fsp3) is 0.462. The Morgan fingerprint density at radius 3 is 2.27 bits per heavy atom. The van der Waals surface area contributed by atoms with Crippen LogP contribution in [0.25, 0.3) is 0 Å². The first-order chi connectivity index (χ1) is 9.83. The number of benzene rings is 1. The number of nitrogens with zero attached hydrogens (tertiary/aromatic N) is 1. The summed E-state index contributed by atoms with van der Waals surface area (Å²) in [5, 5.41) is 8.88. The van der Waals surface area contributed by atoms with Crippen LogP contribution in [-0.4, -0.2) is 14.0 Å². The van der Waals surface area contributed by atoms with E-state index in [2.05, 4.69) is 0 Å². The minimum Gasteiger partial charge on any atom is -0.207 e. The maximum atomic E-state index is 13.0. The van der Waals surface area contributed by atoms with Crippen LogP contribution in [0.5, 0.6) is 0 Å². The van der Waals surface area contributed by atoms with Crippen molar-refractivity contribution in [3.63, 3.8) is 0 Å². The largest absolute Gasteiger partial charge is 0.417 e. The number of rotatable bonds is 4. The zero-order valence-electron chi connectivity index (χ0n) is 12.0. The topological polar surface area (TPSA) is 70.0 Å². The van der Waals surface area contributed by atoms with Crippen LogP contribution in [0.15, 0.2) is 23.1 Å².